The lowest BCUT2D eigenvalue weighted by atomic mass is 9.93. The van der Waals surface area contributed by atoms with Crippen LogP contribution in [-0.4, -0.2) is 48.2 Å². The molecular weight excluding hydrogens is 192 g/mol. The van der Waals surface area contributed by atoms with Gasteiger partial charge in [0.05, 0.1) is 12.1 Å². The van der Waals surface area contributed by atoms with E-state index in [4.69, 9.17) is 0 Å². The normalized spacial score (nSPS) is 15.1. The predicted molar refractivity (Wildman–Crippen MR) is 61.6 cm³/mol. The van der Waals surface area contributed by atoms with Crippen molar-refractivity contribution in [2.75, 3.05) is 26.7 Å². The highest BCUT2D eigenvalue weighted by atomic mass is 16.3. The van der Waals surface area contributed by atoms with E-state index >= 15 is 0 Å². The topological polar surface area (TPSA) is 52.6 Å². The summed E-state index contributed by atoms with van der Waals surface area (Å²) in [7, 11) is 1.77. The summed E-state index contributed by atoms with van der Waals surface area (Å²) in [6.45, 7) is 9.06. The predicted octanol–water partition coefficient (Wildman–Crippen LogP) is 0.461. The first kappa shape index (κ1) is 14.4. The SMILES string of the molecule is CCN(C)C(=O)CNCC(C)(O)C(C)C. The molecule has 0 rings (SSSR count). The van der Waals surface area contributed by atoms with Crippen molar-refractivity contribution in [1.82, 2.24) is 10.2 Å². The number of rotatable bonds is 6. The molecule has 90 valence electrons. The molecule has 0 bridgehead atoms. The quantitative estimate of drug-likeness (QED) is 0.678. The van der Waals surface area contributed by atoms with Gasteiger partial charge in [0.25, 0.3) is 0 Å². The van der Waals surface area contributed by atoms with Crippen molar-refractivity contribution < 1.29 is 9.90 Å². The van der Waals surface area contributed by atoms with Gasteiger partial charge >= 0.3 is 0 Å². The van der Waals surface area contributed by atoms with Crippen LogP contribution in [0.25, 0.3) is 0 Å². The van der Waals surface area contributed by atoms with Crippen molar-refractivity contribution >= 4 is 5.91 Å². The Balaban J connectivity index is 3.85. The smallest absolute Gasteiger partial charge is 0.236 e. The molecule has 0 heterocycles. The summed E-state index contributed by atoms with van der Waals surface area (Å²) in [5.41, 5.74) is -0.759. The van der Waals surface area contributed by atoms with Gasteiger partial charge in [0, 0.05) is 20.1 Å². The van der Waals surface area contributed by atoms with Crippen LogP contribution in [0.3, 0.4) is 0 Å². The highest BCUT2D eigenvalue weighted by Crippen LogP contribution is 2.14. The Kier molecular flexibility index (Phi) is 5.83. The zero-order valence-electron chi connectivity index (χ0n) is 10.5. The number of nitrogens with one attached hydrogen (secondary N) is 1. The molecule has 1 atom stereocenters. The minimum atomic E-state index is -0.759. The van der Waals surface area contributed by atoms with E-state index in [0.717, 1.165) is 0 Å². The van der Waals surface area contributed by atoms with Crippen LogP contribution in [0, 0.1) is 5.92 Å². The van der Waals surface area contributed by atoms with Crippen LogP contribution in [0.1, 0.15) is 27.7 Å². The minimum absolute atomic E-state index is 0.0528. The minimum Gasteiger partial charge on any atom is -0.389 e. The molecule has 0 aromatic carbocycles. The van der Waals surface area contributed by atoms with Crippen LogP contribution in [0.5, 0.6) is 0 Å². The number of hydrogen-bond donors (Lipinski definition) is 2. The molecule has 4 nitrogen and oxygen atoms in total. The van der Waals surface area contributed by atoms with Gasteiger partial charge in [-0.25, -0.2) is 0 Å². The van der Waals surface area contributed by atoms with E-state index in [1.807, 2.05) is 20.8 Å². The van der Waals surface area contributed by atoms with Crippen LogP contribution in [0.15, 0.2) is 0 Å². The number of aliphatic hydroxyl groups is 1. The summed E-state index contributed by atoms with van der Waals surface area (Å²) >= 11 is 0. The molecule has 0 aromatic heterocycles. The molecule has 0 saturated carbocycles. The standard InChI is InChI=1S/C11H24N2O2/c1-6-13(5)10(14)7-12-8-11(4,15)9(2)3/h9,12,15H,6-8H2,1-5H3. The first-order chi connectivity index (χ1) is 6.81. The highest BCUT2D eigenvalue weighted by Gasteiger charge is 2.24. The number of hydrogen-bond acceptors (Lipinski definition) is 3. The molecule has 15 heavy (non-hydrogen) atoms. The van der Waals surface area contributed by atoms with Crippen LogP contribution < -0.4 is 5.32 Å². The molecule has 0 spiro atoms. The van der Waals surface area contributed by atoms with Gasteiger partial charge in [-0.1, -0.05) is 13.8 Å². The first-order valence-corrected chi connectivity index (χ1v) is 5.48. The second kappa shape index (κ2) is 6.08. The summed E-state index contributed by atoms with van der Waals surface area (Å²) < 4.78 is 0. The third kappa shape index (κ3) is 5.14. The van der Waals surface area contributed by atoms with E-state index in [-0.39, 0.29) is 18.4 Å². The van der Waals surface area contributed by atoms with Gasteiger partial charge in [-0.05, 0) is 19.8 Å². The summed E-state index contributed by atoms with van der Waals surface area (Å²) in [6, 6.07) is 0. The maximum Gasteiger partial charge on any atom is 0.236 e. The average Bonchev–Trinajstić information content (AvgIpc) is 2.15. The van der Waals surface area contributed by atoms with Crippen molar-refractivity contribution in [2.45, 2.75) is 33.3 Å². The van der Waals surface area contributed by atoms with Gasteiger partial charge in [-0.15, -0.1) is 0 Å². The molecule has 1 amide bonds. The Hall–Kier alpha value is -0.610. The third-order valence-electron chi connectivity index (χ3n) is 2.90. The fraction of sp³-hybridized carbons (Fsp3) is 0.909. The molecule has 4 heteroatoms. The first-order valence-electron chi connectivity index (χ1n) is 5.48. The van der Waals surface area contributed by atoms with Gasteiger partial charge in [-0.3, -0.25) is 4.79 Å². The number of nitrogens with zero attached hydrogens (tertiary/aromatic N) is 1. The molecule has 2 N–H and O–H groups in total. The molecule has 0 fully saturated rings. The number of amides is 1. The Labute approximate surface area is 92.7 Å². The second-order valence-electron chi connectivity index (χ2n) is 4.52. The van der Waals surface area contributed by atoms with Crippen LogP contribution in [0.2, 0.25) is 0 Å². The van der Waals surface area contributed by atoms with Gasteiger partial charge in [0.1, 0.15) is 0 Å². The summed E-state index contributed by atoms with van der Waals surface area (Å²) in [4.78, 5) is 13.1. The fourth-order valence-electron chi connectivity index (χ4n) is 0.938. The van der Waals surface area contributed by atoms with Crippen LogP contribution >= 0.6 is 0 Å². The summed E-state index contributed by atoms with van der Waals surface area (Å²) in [5, 5.41) is 12.9. The average molecular weight is 216 g/mol. The van der Waals surface area contributed by atoms with E-state index in [2.05, 4.69) is 5.32 Å². The lowest BCUT2D eigenvalue weighted by Crippen LogP contribution is -2.45. The largest absolute Gasteiger partial charge is 0.389 e. The molecule has 1 unspecified atom stereocenters. The molecule has 0 aliphatic rings. The molecule has 0 saturated heterocycles. The molecule has 0 radical (unpaired) electrons. The zero-order valence-corrected chi connectivity index (χ0v) is 10.5. The Morgan fingerprint density at radius 3 is 2.47 bits per heavy atom. The van der Waals surface area contributed by atoms with Crippen molar-refractivity contribution in [3.63, 3.8) is 0 Å². The van der Waals surface area contributed by atoms with Crippen LogP contribution in [-0.2, 0) is 4.79 Å². The van der Waals surface area contributed by atoms with E-state index in [0.29, 0.717) is 13.1 Å². The maximum atomic E-state index is 11.4. The summed E-state index contributed by atoms with van der Waals surface area (Å²) in [5.74, 6) is 0.223. The van der Waals surface area contributed by atoms with Gasteiger partial charge in [-0.2, -0.15) is 0 Å². The van der Waals surface area contributed by atoms with Crippen LogP contribution in [0.4, 0.5) is 0 Å². The zero-order chi connectivity index (χ0) is 12.1. The third-order valence-corrected chi connectivity index (χ3v) is 2.90. The molecule has 0 aliphatic heterocycles. The Morgan fingerprint density at radius 1 is 1.53 bits per heavy atom. The molecule has 0 aromatic rings. The van der Waals surface area contributed by atoms with Gasteiger partial charge in [0.15, 0.2) is 0 Å². The monoisotopic (exact) mass is 216 g/mol. The Morgan fingerprint density at radius 2 is 2.07 bits per heavy atom. The molecule has 0 aliphatic carbocycles. The lowest BCUT2D eigenvalue weighted by Gasteiger charge is -2.28. The molecular formula is C11H24N2O2. The fourth-order valence-corrected chi connectivity index (χ4v) is 0.938. The van der Waals surface area contributed by atoms with Crippen molar-refractivity contribution in [1.29, 1.82) is 0 Å². The highest BCUT2D eigenvalue weighted by molar-refractivity contribution is 5.77. The lowest BCUT2D eigenvalue weighted by molar-refractivity contribution is -0.128. The summed E-state index contributed by atoms with van der Waals surface area (Å²) in [6.07, 6.45) is 0. The second-order valence-corrected chi connectivity index (χ2v) is 4.52. The number of carbonyl (C=O) groups excluding carboxylic acids is 1. The Bertz CT molecular complexity index is 203. The number of carbonyl (C=O) groups is 1. The number of likely N-dealkylation sites (N-methyl/N-ethyl adjacent to an activating group) is 1. The van der Waals surface area contributed by atoms with Crippen molar-refractivity contribution in [3.8, 4) is 0 Å². The maximum absolute atomic E-state index is 11.4. The van der Waals surface area contributed by atoms with E-state index in [1.165, 1.54) is 0 Å². The van der Waals surface area contributed by atoms with E-state index in [1.54, 1.807) is 18.9 Å². The van der Waals surface area contributed by atoms with E-state index in [9.17, 15) is 9.90 Å². The van der Waals surface area contributed by atoms with Crippen molar-refractivity contribution in [2.24, 2.45) is 5.92 Å². The van der Waals surface area contributed by atoms with Gasteiger partial charge in [0.2, 0.25) is 5.91 Å². The van der Waals surface area contributed by atoms with E-state index < -0.39 is 5.60 Å². The van der Waals surface area contributed by atoms with Crippen molar-refractivity contribution in [3.05, 3.63) is 0 Å². The van der Waals surface area contributed by atoms with Gasteiger partial charge < -0.3 is 15.3 Å².